The second-order valence-electron chi connectivity index (χ2n) is 6.88. The minimum absolute atomic E-state index is 0.0217. The molecule has 2 rings (SSSR count). The molecule has 1 amide bonds. The van der Waals surface area contributed by atoms with Gasteiger partial charge in [0.15, 0.2) is 6.61 Å². The Labute approximate surface area is 191 Å². The lowest BCUT2D eigenvalue weighted by Gasteiger charge is -2.17. The molecular formula is C21H25ClN2O5S2. The average molecular weight is 485 g/mol. The SMILES string of the molecule is CSCC[C@H](NS(=O)(=O)c1ccc(Cl)cc1)C(=O)OCC(=O)Nc1cc(C)ccc1C. The summed E-state index contributed by atoms with van der Waals surface area (Å²) in [6.45, 7) is 3.23. The molecule has 31 heavy (non-hydrogen) atoms. The molecule has 0 saturated heterocycles. The number of amides is 1. The van der Waals surface area contributed by atoms with Gasteiger partial charge in [-0.3, -0.25) is 9.59 Å². The number of anilines is 1. The molecule has 0 unspecified atom stereocenters. The number of thioether (sulfide) groups is 1. The van der Waals surface area contributed by atoms with Gasteiger partial charge in [0.05, 0.1) is 4.90 Å². The van der Waals surface area contributed by atoms with E-state index < -0.39 is 34.5 Å². The number of sulfonamides is 1. The van der Waals surface area contributed by atoms with Crippen molar-refractivity contribution >= 4 is 50.9 Å². The Morgan fingerprint density at radius 2 is 1.81 bits per heavy atom. The first-order valence-electron chi connectivity index (χ1n) is 9.43. The normalized spacial score (nSPS) is 12.3. The minimum Gasteiger partial charge on any atom is -0.454 e. The summed E-state index contributed by atoms with van der Waals surface area (Å²) >= 11 is 7.26. The zero-order valence-electron chi connectivity index (χ0n) is 17.5. The van der Waals surface area contributed by atoms with Gasteiger partial charge in [0.1, 0.15) is 6.04 Å². The van der Waals surface area contributed by atoms with Crippen LogP contribution in [0.5, 0.6) is 0 Å². The van der Waals surface area contributed by atoms with Gasteiger partial charge in [0.25, 0.3) is 5.91 Å². The molecule has 0 aromatic heterocycles. The van der Waals surface area contributed by atoms with Crippen LogP contribution in [0, 0.1) is 13.8 Å². The van der Waals surface area contributed by atoms with Gasteiger partial charge < -0.3 is 10.1 Å². The van der Waals surface area contributed by atoms with E-state index in [1.54, 1.807) is 0 Å². The van der Waals surface area contributed by atoms with Crippen molar-refractivity contribution in [1.29, 1.82) is 0 Å². The lowest BCUT2D eigenvalue weighted by molar-refractivity contribution is -0.149. The van der Waals surface area contributed by atoms with Gasteiger partial charge in [-0.05, 0) is 73.7 Å². The van der Waals surface area contributed by atoms with Crippen molar-refractivity contribution in [2.75, 3.05) is 23.9 Å². The molecule has 10 heteroatoms. The maximum atomic E-state index is 12.6. The minimum atomic E-state index is -3.97. The molecule has 7 nitrogen and oxygen atoms in total. The van der Waals surface area contributed by atoms with E-state index >= 15 is 0 Å². The van der Waals surface area contributed by atoms with Crippen molar-refractivity contribution < 1.29 is 22.7 Å². The fourth-order valence-electron chi connectivity index (χ4n) is 2.62. The second kappa shape index (κ2) is 11.5. The number of carbonyl (C=O) groups excluding carboxylic acids is 2. The first-order chi connectivity index (χ1) is 14.6. The second-order valence-corrected chi connectivity index (χ2v) is 10.0. The zero-order valence-corrected chi connectivity index (χ0v) is 19.9. The molecule has 0 bridgehead atoms. The lowest BCUT2D eigenvalue weighted by Crippen LogP contribution is -2.43. The highest BCUT2D eigenvalue weighted by molar-refractivity contribution is 7.98. The van der Waals surface area contributed by atoms with Crippen molar-refractivity contribution in [3.05, 3.63) is 58.6 Å². The van der Waals surface area contributed by atoms with E-state index in [4.69, 9.17) is 16.3 Å². The van der Waals surface area contributed by atoms with Crippen LogP contribution in [0.1, 0.15) is 17.5 Å². The quantitative estimate of drug-likeness (QED) is 0.500. The van der Waals surface area contributed by atoms with Gasteiger partial charge in [-0.25, -0.2) is 8.42 Å². The van der Waals surface area contributed by atoms with Gasteiger partial charge >= 0.3 is 5.97 Å². The molecule has 2 aromatic carbocycles. The summed E-state index contributed by atoms with van der Waals surface area (Å²) in [4.78, 5) is 24.7. The van der Waals surface area contributed by atoms with Crippen LogP contribution in [0.2, 0.25) is 5.02 Å². The summed E-state index contributed by atoms with van der Waals surface area (Å²) in [7, 11) is -3.97. The molecule has 0 spiro atoms. The maximum absolute atomic E-state index is 12.6. The van der Waals surface area contributed by atoms with E-state index in [0.29, 0.717) is 16.5 Å². The number of ether oxygens (including phenoxy) is 1. The lowest BCUT2D eigenvalue weighted by atomic mass is 10.1. The van der Waals surface area contributed by atoms with Crippen molar-refractivity contribution in [3.63, 3.8) is 0 Å². The standard InChI is InChI=1S/C21H25ClN2O5S2/c1-14-4-5-15(2)19(12-14)23-20(25)13-29-21(26)18(10-11-30-3)24-31(27,28)17-8-6-16(22)7-9-17/h4-9,12,18,24H,10-11,13H2,1-3H3,(H,23,25)/t18-/m0/s1. The number of aryl methyl sites for hydroxylation is 2. The van der Waals surface area contributed by atoms with E-state index in [9.17, 15) is 18.0 Å². The van der Waals surface area contributed by atoms with Crippen LogP contribution in [0.15, 0.2) is 47.4 Å². The summed E-state index contributed by atoms with van der Waals surface area (Å²) in [6.07, 6.45) is 2.05. The topological polar surface area (TPSA) is 102 Å². The Morgan fingerprint density at radius 3 is 2.45 bits per heavy atom. The number of carbonyl (C=O) groups is 2. The van der Waals surface area contributed by atoms with Gasteiger partial charge in [-0.2, -0.15) is 16.5 Å². The van der Waals surface area contributed by atoms with Crippen LogP contribution in [0.25, 0.3) is 0 Å². The molecule has 0 aliphatic carbocycles. The van der Waals surface area contributed by atoms with Gasteiger partial charge in [0, 0.05) is 10.7 Å². The number of benzene rings is 2. The molecular weight excluding hydrogens is 460 g/mol. The zero-order chi connectivity index (χ0) is 23.0. The average Bonchev–Trinajstić information content (AvgIpc) is 2.72. The molecule has 0 fully saturated rings. The number of halogens is 1. The van der Waals surface area contributed by atoms with Crippen LogP contribution >= 0.6 is 23.4 Å². The third-order valence-corrected chi connectivity index (χ3v) is 6.71. The molecule has 0 aliphatic rings. The summed E-state index contributed by atoms with van der Waals surface area (Å²) in [6, 6.07) is 10.1. The fourth-order valence-corrected chi connectivity index (χ4v) is 4.44. The first-order valence-corrected chi connectivity index (χ1v) is 12.7. The summed E-state index contributed by atoms with van der Waals surface area (Å²) < 4.78 is 32.7. The number of hydrogen-bond acceptors (Lipinski definition) is 6. The largest absolute Gasteiger partial charge is 0.454 e. The third kappa shape index (κ3) is 7.84. The van der Waals surface area contributed by atoms with Crippen molar-refractivity contribution in [2.45, 2.75) is 31.2 Å². The predicted molar refractivity (Wildman–Crippen MR) is 124 cm³/mol. The molecule has 0 radical (unpaired) electrons. The van der Waals surface area contributed by atoms with E-state index in [-0.39, 0.29) is 11.3 Å². The molecule has 0 saturated carbocycles. The fraction of sp³-hybridized carbons (Fsp3) is 0.333. The summed E-state index contributed by atoms with van der Waals surface area (Å²) in [5.74, 6) is -0.800. The van der Waals surface area contributed by atoms with E-state index in [1.807, 2.05) is 38.3 Å². The highest BCUT2D eigenvalue weighted by Crippen LogP contribution is 2.17. The third-order valence-electron chi connectivity index (χ3n) is 4.33. The van der Waals surface area contributed by atoms with E-state index in [0.717, 1.165) is 11.1 Å². The smallest absolute Gasteiger partial charge is 0.324 e. The van der Waals surface area contributed by atoms with Crippen molar-refractivity contribution in [2.24, 2.45) is 0 Å². The van der Waals surface area contributed by atoms with Crippen LogP contribution in [-0.2, 0) is 24.3 Å². The molecule has 2 aromatic rings. The predicted octanol–water partition coefficient (Wildman–Crippen LogP) is 3.54. The van der Waals surface area contributed by atoms with Gasteiger partial charge in [0.2, 0.25) is 10.0 Å². The highest BCUT2D eigenvalue weighted by atomic mass is 35.5. The molecule has 1 atom stereocenters. The Kier molecular flexibility index (Phi) is 9.36. The van der Waals surface area contributed by atoms with Gasteiger partial charge in [-0.1, -0.05) is 23.7 Å². The van der Waals surface area contributed by atoms with Crippen LogP contribution in [0.3, 0.4) is 0 Å². The number of hydrogen-bond donors (Lipinski definition) is 2. The number of nitrogens with one attached hydrogen (secondary N) is 2. The van der Waals surface area contributed by atoms with Crippen molar-refractivity contribution in [3.8, 4) is 0 Å². The van der Waals surface area contributed by atoms with Crippen LogP contribution in [0.4, 0.5) is 5.69 Å². The number of esters is 1. The monoisotopic (exact) mass is 484 g/mol. The Bertz CT molecular complexity index is 1030. The Morgan fingerprint density at radius 1 is 1.13 bits per heavy atom. The van der Waals surface area contributed by atoms with E-state index in [2.05, 4.69) is 10.0 Å². The molecule has 168 valence electrons. The summed E-state index contributed by atoms with van der Waals surface area (Å²) in [5.41, 5.74) is 2.48. The summed E-state index contributed by atoms with van der Waals surface area (Å²) in [5, 5.41) is 3.09. The first kappa shape index (κ1) is 25.2. The highest BCUT2D eigenvalue weighted by Gasteiger charge is 2.27. The Balaban J connectivity index is 2.02. The molecule has 0 aliphatic heterocycles. The Hall–Kier alpha value is -2.07. The van der Waals surface area contributed by atoms with Crippen LogP contribution in [-0.4, -0.2) is 45.0 Å². The maximum Gasteiger partial charge on any atom is 0.324 e. The van der Waals surface area contributed by atoms with Crippen molar-refractivity contribution in [1.82, 2.24) is 4.72 Å². The van der Waals surface area contributed by atoms with Gasteiger partial charge in [-0.15, -0.1) is 0 Å². The van der Waals surface area contributed by atoms with Crippen LogP contribution < -0.4 is 10.0 Å². The van der Waals surface area contributed by atoms with E-state index in [1.165, 1.54) is 36.0 Å². The molecule has 2 N–H and O–H groups in total. The molecule has 0 heterocycles. The number of rotatable bonds is 10.